The smallest absolute Gasteiger partial charge is 0.319 e. The van der Waals surface area contributed by atoms with Crippen molar-refractivity contribution in [3.05, 3.63) is 42.1 Å². The molecule has 1 fully saturated rings. The van der Waals surface area contributed by atoms with Crippen LogP contribution in [0.4, 0.5) is 4.79 Å². The van der Waals surface area contributed by atoms with E-state index in [0.29, 0.717) is 5.56 Å². The number of aromatic hydroxyl groups is 1. The number of ether oxygens (including phenoxy) is 1. The lowest BCUT2D eigenvalue weighted by Crippen LogP contribution is -2.51. The van der Waals surface area contributed by atoms with Crippen LogP contribution in [0.2, 0.25) is 0 Å². The van der Waals surface area contributed by atoms with Crippen molar-refractivity contribution in [2.75, 3.05) is 6.61 Å². The largest absolute Gasteiger partial charge is 0.508 e. The van der Waals surface area contributed by atoms with E-state index in [4.69, 9.17) is 4.74 Å². The van der Waals surface area contributed by atoms with Gasteiger partial charge < -0.3 is 20.5 Å². The van der Waals surface area contributed by atoms with Crippen LogP contribution in [-0.2, 0) is 9.53 Å². The normalized spacial score (nSPS) is 21.9. The van der Waals surface area contributed by atoms with Gasteiger partial charge in [-0.05, 0) is 24.6 Å². The summed E-state index contributed by atoms with van der Waals surface area (Å²) >= 11 is 0. The second-order valence-electron chi connectivity index (χ2n) is 4.43. The van der Waals surface area contributed by atoms with Crippen LogP contribution in [0.15, 0.2) is 36.5 Å². The second kappa shape index (κ2) is 5.64. The number of carbonyl (C=O) groups excluding carboxylic acids is 2. The SMILES string of the molecule is C=C1NC(=O)NC(c2cccc(O)c2)C1C(=O)OCC. The predicted octanol–water partition coefficient (Wildman–Crippen LogP) is 1.44. The van der Waals surface area contributed by atoms with Crippen LogP contribution in [0.5, 0.6) is 5.75 Å². The minimum absolute atomic E-state index is 0.0588. The number of hydrogen-bond acceptors (Lipinski definition) is 4. The molecule has 6 nitrogen and oxygen atoms in total. The summed E-state index contributed by atoms with van der Waals surface area (Å²) in [6.45, 7) is 5.66. The van der Waals surface area contributed by atoms with Gasteiger partial charge in [0.2, 0.25) is 0 Å². The maximum Gasteiger partial charge on any atom is 0.319 e. The van der Waals surface area contributed by atoms with Crippen molar-refractivity contribution >= 4 is 12.0 Å². The molecule has 1 aliphatic rings. The fourth-order valence-electron chi connectivity index (χ4n) is 2.19. The summed E-state index contributed by atoms with van der Waals surface area (Å²) in [7, 11) is 0. The Morgan fingerprint density at radius 2 is 2.25 bits per heavy atom. The molecule has 0 spiro atoms. The molecular formula is C14H16N2O4. The van der Waals surface area contributed by atoms with Gasteiger partial charge in [-0.15, -0.1) is 0 Å². The molecule has 106 valence electrons. The molecule has 6 heteroatoms. The van der Waals surface area contributed by atoms with Crippen LogP contribution >= 0.6 is 0 Å². The van der Waals surface area contributed by atoms with Gasteiger partial charge in [0.05, 0.1) is 12.6 Å². The van der Waals surface area contributed by atoms with E-state index in [9.17, 15) is 14.7 Å². The maximum absolute atomic E-state index is 12.0. The molecule has 1 aromatic carbocycles. The summed E-state index contributed by atoms with van der Waals surface area (Å²) in [4.78, 5) is 23.6. The lowest BCUT2D eigenvalue weighted by molar-refractivity contribution is -0.147. The highest BCUT2D eigenvalue weighted by Gasteiger charge is 2.38. The molecule has 3 N–H and O–H groups in total. The molecule has 2 amide bonds. The number of esters is 1. The standard InChI is InChI=1S/C14H16N2O4/c1-3-20-13(18)11-8(2)15-14(19)16-12(11)9-5-4-6-10(17)7-9/h4-7,11-12,17H,2-3H2,1H3,(H2,15,16,19). The molecule has 0 bridgehead atoms. The first-order chi connectivity index (χ1) is 9.52. The summed E-state index contributed by atoms with van der Waals surface area (Å²) in [5.74, 6) is -1.16. The first-order valence-corrected chi connectivity index (χ1v) is 6.24. The van der Waals surface area contributed by atoms with E-state index in [-0.39, 0.29) is 18.1 Å². The van der Waals surface area contributed by atoms with Crippen LogP contribution in [-0.4, -0.2) is 23.7 Å². The predicted molar refractivity (Wildman–Crippen MR) is 71.8 cm³/mol. The number of carbonyl (C=O) groups is 2. The number of urea groups is 1. The molecule has 1 heterocycles. The highest BCUT2D eigenvalue weighted by atomic mass is 16.5. The molecule has 2 rings (SSSR count). The first kappa shape index (κ1) is 13.9. The van der Waals surface area contributed by atoms with E-state index < -0.39 is 24.0 Å². The molecule has 20 heavy (non-hydrogen) atoms. The number of amides is 2. The molecule has 1 aliphatic heterocycles. The molecule has 1 aromatic rings. The number of rotatable bonds is 3. The number of hydrogen-bond donors (Lipinski definition) is 3. The number of benzene rings is 1. The van der Waals surface area contributed by atoms with Crippen molar-refractivity contribution in [2.24, 2.45) is 5.92 Å². The fourth-order valence-corrected chi connectivity index (χ4v) is 2.19. The zero-order chi connectivity index (χ0) is 14.7. The molecule has 0 aromatic heterocycles. The Hall–Kier alpha value is -2.50. The third-order valence-corrected chi connectivity index (χ3v) is 3.04. The van der Waals surface area contributed by atoms with Gasteiger partial charge in [0.25, 0.3) is 0 Å². The third-order valence-electron chi connectivity index (χ3n) is 3.04. The van der Waals surface area contributed by atoms with Gasteiger partial charge in [-0.3, -0.25) is 4.79 Å². The van der Waals surface area contributed by atoms with Gasteiger partial charge in [-0.2, -0.15) is 0 Å². The third kappa shape index (κ3) is 2.74. The highest BCUT2D eigenvalue weighted by Crippen LogP contribution is 2.31. The highest BCUT2D eigenvalue weighted by molar-refractivity contribution is 5.85. The van der Waals surface area contributed by atoms with Crippen LogP contribution < -0.4 is 10.6 Å². The van der Waals surface area contributed by atoms with E-state index in [2.05, 4.69) is 17.2 Å². The van der Waals surface area contributed by atoms with E-state index in [1.54, 1.807) is 19.1 Å². The van der Waals surface area contributed by atoms with E-state index in [0.717, 1.165) is 0 Å². The quantitative estimate of drug-likeness (QED) is 0.729. The second-order valence-corrected chi connectivity index (χ2v) is 4.43. The molecular weight excluding hydrogens is 260 g/mol. The summed E-state index contributed by atoms with van der Waals surface area (Å²) < 4.78 is 5.02. The minimum Gasteiger partial charge on any atom is -0.508 e. The van der Waals surface area contributed by atoms with Gasteiger partial charge in [0.15, 0.2) is 0 Å². The average molecular weight is 276 g/mol. The Bertz CT molecular complexity index is 556. The van der Waals surface area contributed by atoms with Crippen molar-refractivity contribution < 1.29 is 19.4 Å². The Kier molecular flexibility index (Phi) is 3.93. The Balaban J connectivity index is 2.36. The van der Waals surface area contributed by atoms with Crippen LogP contribution in [0.25, 0.3) is 0 Å². The number of phenolic OH excluding ortho intramolecular Hbond substituents is 1. The van der Waals surface area contributed by atoms with Crippen molar-refractivity contribution in [2.45, 2.75) is 13.0 Å². The Labute approximate surface area is 116 Å². The summed E-state index contributed by atoms with van der Waals surface area (Å²) in [5, 5.41) is 14.7. The monoisotopic (exact) mass is 276 g/mol. The van der Waals surface area contributed by atoms with Gasteiger partial charge in [0, 0.05) is 5.70 Å². The average Bonchev–Trinajstić information content (AvgIpc) is 2.37. The summed E-state index contributed by atoms with van der Waals surface area (Å²) in [5.41, 5.74) is 0.889. The van der Waals surface area contributed by atoms with Gasteiger partial charge in [0.1, 0.15) is 11.7 Å². The first-order valence-electron chi connectivity index (χ1n) is 6.24. The van der Waals surface area contributed by atoms with Crippen LogP contribution in [0.1, 0.15) is 18.5 Å². The number of nitrogens with one attached hydrogen (secondary N) is 2. The van der Waals surface area contributed by atoms with Crippen LogP contribution in [0, 0.1) is 5.92 Å². The molecule has 2 unspecified atom stereocenters. The number of phenols is 1. The topological polar surface area (TPSA) is 87.7 Å². The van der Waals surface area contributed by atoms with Crippen molar-refractivity contribution in [3.8, 4) is 5.75 Å². The van der Waals surface area contributed by atoms with Gasteiger partial charge >= 0.3 is 12.0 Å². The Morgan fingerprint density at radius 1 is 1.50 bits per heavy atom. The summed E-state index contributed by atoms with van der Waals surface area (Å²) in [6, 6.07) is 5.31. The molecule has 0 radical (unpaired) electrons. The summed E-state index contributed by atoms with van der Waals surface area (Å²) in [6.07, 6.45) is 0. The molecule has 0 aliphatic carbocycles. The fraction of sp³-hybridized carbons (Fsp3) is 0.286. The van der Waals surface area contributed by atoms with Crippen molar-refractivity contribution in [3.63, 3.8) is 0 Å². The zero-order valence-corrected chi connectivity index (χ0v) is 11.1. The van der Waals surface area contributed by atoms with Crippen LogP contribution in [0.3, 0.4) is 0 Å². The minimum atomic E-state index is -0.741. The van der Waals surface area contributed by atoms with Crippen molar-refractivity contribution in [1.29, 1.82) is 0 Å². The van der Waals surface area contributed by atoms with Gasteiger partial charge in [-0.25, -0.2) is 4.79 Å². The van der Waals surface area contributed by atoms with Gasteiger partial charge in [-0.1, -0.05) is 18.7 Å². The molecule has 0 saturated carbocycles. The Morgan fingerprint density at radius 3 is 2.90 bits per heavy atom. The van der Waals surface area contributed by atoms with E-state index in [1.807, 2.05) is 0 Å². The van der Waals surface area contributed by atoms with E-state index >= 15 is 0 Å². The lowest BCUT2D eigenvalue weighted by Gasteiger charge is -2.33. The lowest BCUT2D eigenvalue weighted by atomic mass is 9.89. The van der Waals surface area contributed by atoms with E-state index in [1.165, 1.54) is 12.1 Å². The zero-order valence-electron chi connectivity index (χ0n) is 11.1. The van der Waals surface area contributed by atoms with Crippen molar-refractivity contribution in [1.82, 2.24) is 10.6 Å². The molecule has 2 atom stereocenters. The molecule has 1 saturated heterocycles. The maximum atomic E-state index is 12.0.